The van der Waals surface area contributed by atoms with Gasteiger partial charge in [-0.2, -0.15) is 0 Å². The van der Waals surface area contributed by atoms with Gasteiger partial charge in [-0.05, 0) is 35.9 Å². The second kappa shape index (κ2) is 5.92. The zero-order valence-corrected chi connectivity index (χ0v) is 12.8. The van der Waals surface area contributed by atoms with Crippen molar-refractivity contribution in [3.05, 3.63) is 76.1 Å². The molecule has 106 valence electrons. The zero-order valence-electron chi connectivity index (χ0n) is 11.3. The Hall–Kier alpha value is -1.78. The van der Waals surface area contributed by atoms with Crippen LogP contribution in [0.15, 0.2) is 59.1 Å². The summed E-state index contributed by atoms with van der Waals surface area (Å²) in [6, 6.07) is 16.2. The van der Waals surface area contributed by atoms with E-state index in [0.717, 1.165) is 26.6 Å². The van der Waals surface area contributed by atoms with Gasteiger partial charge in [0.05, 0.1) is 5.52 Å². The molecular formula is C17H14BrFN2. The lowest BCUT2D eigenvalue weighted by Crippen LogP contribution is -2.15. The van der Waals surface area contributed by atoms with Crippen LogP contribution < -0.4 is 5.73 Å². The van der Waals surface area contributed by atoms with Crippen molar-refractivity contribution in [2.75, 3.05) is 0 Å². The first-order chi connectivity index (χ1) is 10.1. The Kier molecular flexibility index (Phi) is 3.99. The van der Waals surface area contributed by atoms with Gasteiger partial charge in [0.15, 0.2) is 0 Å². The first-order valence-corrected chi connectivity index (χ1v) is 7.48. The Morgan fingerprint density at radius 2 is 1.90 bits per heavy atom. The van der Waals surface area contributed by atoms with E-state index < -0.39 is 0 Å². The lowest BCUT2D eigenvalue weighted by Gasteiger charge is -2.14. The predicted octanol–water partition coefficient (Wildman–Crippen LogP) is 4.38. The molecule has 0 saturated carbocycles. The van der Waals surface area contributed by atoms with E-state index in [4.69, 9.17) is 5.73 Å². The van der Waals surface area contributed by atoms with Gasteiger partial charge in [0, 0.05) is 28.0 Å². The van der Waals surface area contributed by atoms with Gasteiger partial charge in [0.25, 0.3) is 0 Å². The lowest BCUT2D eigenvalue weighted by molar-refractivity contribution is 0.616. The van der Waals surface area contributed by atoms with Crippen molar-refractivity contribution in [3.8, 4) is 0 Å². The Labute approximate surface area is 130 Å². The van der Waals surface area contributed by atoms with Crippen LogP contribution in [-0.4, -0.2) is 4.98 Å². The van der Waals surface area contributed by atoms with Crippen LogP contribution in [0.3, 0.4) is 0 Å². The highest BCUT2D eigenvalue weighted by atomic mass is 79.9. The van der Waals surface area contributed by atoms with Crippen LogP contribution in [0.1, 0.15) is 17.3 Å². The monoisotopic (exact) mass is 344 g/mol. The number of fused-ring (bicyclic) bond motifs is 1. The third-order valence-electron chi connectivity index (χ3n) is 3.44. The van der Waals surface area contributed by atoms with Crippen LogP contribution in [0.5, 0.6) is 0 Å². The lowest BCUT2D eigenvalue weighted by atomic mass is 10.0. The first-order valence-electron chi connectivity index (χ1n) is 6.69. The number of para-hydroxylation sites is 1. The van der Waals surface area contributed by atoms with Gasteiger partial charge in [-0.25, -0.2) is 4.39 Å². The number of benzene rings is 2. The average Bonchev–Trinajstić information content (AvgIpc) is 2.49. The quantitative estimate of drug-likeness (QED) is 0.765. The van der Waals surface area contributed by atoms with Gasteiger partial charge in [-0.3, -0.25) is 4.98 Å². The van der Waals surface area contributed by atoms with Crippen LogP contribution in [0.25, 0.3) is 10.9 Å². The maximum absolute atomic E-state index is 13.4. The van der Waals surface area contributed by atoms with E-state index in [1.807, 2.05) is 36.4 Å². The van der Waals surface area contributed by atoms with E-state index in [1.54, 1.807) is 6.07 Å². The summed E-state index contributed by atoms with van der Waals surface area (Å²) in [5.74, 6) is -0.282. The molecule has 0 bridgehead atoms. The molecule has 2 N–H and O–H groups in total. The van der Waals surface area contributed by atoms with Crippen LogP contribution in [0.2, 0.25) is 0 Å². The molecule has 2 aromatic carbocycles. The second-order valence-electron chi connectivity index (χ2n) is 4.97. The van der Waals surface area contributed by atoms with E-state index in [1.165, 1.54) is 12.1 Å². The van der Waals surface area contributed by atoms with Gasteiger partial charge < -0.3 is 5.73 Å². The first kappa shape index (κ1) is 14.2. The molecule has 0 radical (unpaired) electrons. The molecule has 0 saturated heterocycles. The highest BCUT2D eigenvalue weighted by molar-refractivity contribution is 9.10. The molecular weight excluding hydrogens is 331 g/mol. The zero-order chi connectivity index (χ0) is 14.8. The molecule has 0 aliphatic carbocycles. The standard InChI is InChI=1S/C17H14BrFN2/c18-15-8-6-12(19)9-14(15)16(20)10-13-7-5-11-3-1-2-4-17(11)21-13/h1-9,16H,10,20H2. The summed E-state index contributed by atoms with van der Waals surface area (Å²) < 4.78 is 14.2. The molecule has 0 spiro atoms. The number of aromatic nitrogens is 1. The number of nitrogens with two attached hydrogens (primary N) is 1. The fourth-order valence-electron chi connectivity index (χ4n) is 2.36. The molecule has 4 heteroatoms. The molecule has 3 rings (SSSR count). The van der Waals surface area contributed by atoms with Crippen LogP contribution in [0, 0.1) is 5.82 Å². The summed E-state index contributed by atoms with van der Waals surface area (Å²) in [6.07, 6.45) is 0.562. The molecule has 1 unspecified atom stereocenters. The summed E-state index contributed by atoms with van der Waals surface area (Å²) in [6.45, 7) is 0. The molecule has 3 aromatic rings. The predicted molar refractivity (Wildman–Crippen MR) is 86.5 cm³/mol. The van der Waals surface area contributed by atoms with Crippen molar-refractivity contribution in [2.24, 2.45) is 5.73 Å². The van der Waals surface area contributed by atoms with Crippen molar-refractivity contribution >= 4 is 26.8 Å². The fraction of sp³-hybridized carbons (Fsp3) is 0.118. The van der Waals surface area contributed by atoms with Gasteiger partial charge in [0.1, 0.15) is 5.82 Å². The molecule has 0 fully saturated rings. The van der Waals surface area contributed by atoms with E-state index in [2.05, 4.69) is 20.9 Å². The van der Waals surface area contributed by atoms with Crippen LogP contribution in [0.4, 0.5) is 4.39 Å². The Bertz CT molecular complexity index is 789. The largest absolute Gasteiger partial charge is 0.324 e. The number of rotatable bonds is 3. The molecule has 2 nitrogen and oxygen atoms in total. The van der Waals surface area contributed by atoms with Crippen molar-refractivity contribution in [3.63, 3.8) is 0 Å². The third-order valence-corrected chi connectivity index (χ3v) is 4.16. The molecule has 1 aromatic heterocycles. The molecule has 0 aliphatic rings. The van der Waals surface area contributed by atoms with Crippen molar-refractivity contribution in [2.45, 2.75) is 12.5 Å². The fourth-order valence-corrected chi connectivity index (χ4v) is 2.90. The minimum absolute atomic E-state index is 0.282. The van der Waals surface area contributed by atoms with Gasteiger partial charge in [-0.1, -0.05) is 40.2 Å². The summed E-state index contributed by atoms with van der Waals surface area (Å²) >= 11 is 3.42. The Balaban J connectivity index is 1.88. The van der Waals surface area contributed by atoms with E-state index >= 15 is 0 Å². The minimum Gasteiger partial charge on any atom is -0.324 e. The van der Waals surface area contributed by atoms with Gasteiger partial charge >= 0.3 is 0 Å². The minimum atomic E-state index is -0.302. The van der Waals surface area contributed by atoms with E-state index in [0.29, 0.717) is 6.42 Å². The molecule has 1 heterocycles. The third kappa shape index (κ3) is 3.12. The summed E-state index contributed by atoms with van der Waals surface area (Å²) in [4.78, 5) is 4.60. The Morgan fingerprint density at radius 1 is 1.10 bits per heavy atom. The van der Waals surface area contributed by atoms with E-state index in [-0.39, 0.29) is 11.9 Å². The summed E-state index contributed by atoms with van der Waals surface area (Å²) in [5, 5.41) is 1.10. The van der Waals surface area contributed by atoms with Gasteiger partial charge in [0.2, 0.25) is 0 Å². The van der Waals surface area contributed by atoms with Crippen molar-refractivity contribution in [1.29, 1.82) is 0 Å². The van der Waals surface area contributed by atoms with Gasteiger partial charge in [-0.15, -0.1) is 0 Å². The molecule has 0 aliphatic heterocycles. The topological polar surface area (TPSA) is 38.9 Å². The highest BCUT2D eigenvalue weighted by Gasteiger charge is 2.13. The number of hydrogen-bond donors (Lipinski definition) is 1. The number of pyridine rings is 1. The van der Waals surface area contributed by atoms with Crippen LogP contribution in [-0.2, 0) is 6.42 Å². The Morgan fingerprint density at radius 3 is 2.76 bits per heavy atom. The SMILES string of the molecule is NC(Cc1ccc2ccccc2n1)c1cc(F)ccc1Br. The molecule has 0 amide bonds. The maximum atomic E-state index is 13.4. The average molecular weight is 345 g/mol. The summed E-state index contributed by atoms with van der Waals surface area (Å²) in [5.41, 5.74) is 8.80. The highest BCUT2D eigenvalue weighted by Crippen LogP contribution is 2.25. The molecule has 1 atom stereocenters. The number of hydrogen-bond acceptors (Lipinski definition) is 2. The number of nitrogens with zero attached hydrogens (tertiary/aromatic N) is 1. The van der Waals surface area contributed by atoms with E-state index in [9.17, 15) is 4.39 Å². The smallest absolute Gasteiger partial charge is 0.123 e. The van der Waals surface area contributed by atoms with Crippen molar-refractivity contribution < 1.29 is 4.39 Å². The molecule has 21 heavy (non-hydrogen) atoms. The maximum Gasteiger partial charge on any atom is 0.123 e. The normalized spacial score (nSPS) is 12.5. The van der Waals surface area contributed by atoms with Crippen LogP contribution >= 0.6 is 15.9 Å². The summed E-state index contributed by atoms with van der Waals surface area (Å²) in [7, 11) is 0. The van der Waals surface area contributed by atoms with Crippen molar-refractivity contribution in [1.82, 2.24) is 4.98 Å². The number of halogens is 2. The second-order valence-corrected chi connectivity index (χ2v) is 5.83.